The molecule has 2 rings (SSSR count). The molecule has 2 aliphatic rings. The van der Waals surface area contributed by atoms with E-state index in [4.69, 9.17) is 0 Å². The SMILES string of the molecule is CCC1(CC)CCCC2CCC(CC)(CC)C(=O)C2C1=O. The predicted molar refractivity (Wildman–Crippen MR) is 86.1 cm³/mol. The molecule has 0 heterocycles. The van der Waals surface area contributed by atoms with E-state index in [2.05, 4.69) is 27.7 Å². The van der Waals surface area contributed by atoms with Crippen LogP contribution in [0.15, 0.2) is 0 Å². The molecular formula is C19H32O2. The summed E-state index contributed by atoms with van der Waals surface area (Å²) < 4.78 is 0. The number of hydrogen-bond donors (Lipinski definition) is 0. The largest absolute Gasteiger partial charge is 0.298 e. The molecule has 2 nitrogen and oxygen atoms in total. The summed E-state index contributed by atoms with van der Waals surface area (Å²) in [6, 6.07) is 0. The summed E-state index contributed by atoms with van der Waals surface area (Å²) in [7, 11) is 0. The van der Waals surface area contributed by atoms with E-state index in [9.17, 15) is 9.59 Å². The van der Waals surface area contributed by atoms with Gasteiger partial charge in [0.05, 0.1) is 5.92 Å². The molecule has 0 radical (unpaired) electrons. The Kier molecular flexibility index (Phi) is 4.95. The number of carbonyl (C=O) groups excluding carboxylic acids is 2. The molecular weight excluding hydrogens is 260 g/mol. The highest BCUT2D eigenvalue weighted by Gasteiger charge is 2.54. The third-order valence-corrected chi connectivity index (χ3v) is 7.01. The summed E-state index contributed by atoms with van der Waals surface area (Å²) in [6.07, 6.45) is 8.83. The lowest BCUT2D eigenvalue weighted by Crippen LogP contribution is -2.49. The van der Waals surface area contributed by atoms with Crippen molar-refractivity contribution in [2.24, 2.45) is 22.7 Å². The smallest absolute Gasteiger partial charge is 0.149 e. The molecule has 21 heavy (non-hydrogen) atoms. The number of Topliss-reactive ketones (excluding diaryl/α,β-unsaturated/α-hetero) is 2. The first kappa shape index (κ1) is 16.7. The summed E-state index contributed by atoms with van der Waals surface area (Å²) in [6.45, 7) is 8.50. The molecule has 0 aromatic carbocycles. The van der Waals surface area contributed by atoms with Crippen LogP contribution >= 0.6 is 0 Å². The zero-order valence-electron chi connectivity index (χ0n) is 14.3. The fourth-order valence-electron chi connectivity index (χ4n) is 5.00. The second-order valence-corrected chi connectivity index (χ2v) is 7.37. The van der Waals surface area contributed by atoms with Gasteiger partial charge >= 0.3 is 0 Å². The summed E-state index contributed by atoms with van der Waals surface area (Å²) >= 11 is 0. The normalized spacial score (nSPS) is 31.6. The topological polar surface area (TPSA) is 34.1 Å². The molecule has 0 N–H and O–H groups in total. The van der Waals surface area contributed by atoms with Crippen LogP contribution in [0, 0.1) is 22.7 Å². The first-order valence-electron chi connectivity index (χ1n) is 9.09. The molecule has 2 heteroatoms. The summed E-state index contributed by atoms with van der Waals surface area (Å²) in [4.78, 5) is 26.5. The Hall–Kier alpha value is -0.660. The zero-order valence-corrected chi connectivity index (χ0v) is 14.3. The van der Waals surface area contributed by atoms with E-state index in [1.54, 1.807) is 0 Å². The van der Waals surface area contributed by atoms with Crippen molar-refractivity contribution in [1.29, 1.82) is 0 Å². The Morgan fingerprint density at radius 3 is 1.76 bits per heavy atom. The van der Waals surface area contributed by atoms with E-state index in [0.717, 1.165) is 57.8 Å². The Morgan fingerprint density at radius 1 is 0.810 bits per heavy atom. The van der Waals surface area contributed by atoms with E-state index in [1.807, 2.05) is 0 Å². The van der Waals surface area contributed by atoms with Gasteiger partial charge in [-0.05, 0) is 57.3 Å². The van der Waals surface area contributed by atoms with E-state index >= 15 is 0 Å². The summed E-state index contributed by atoms with van der Waals surface area (Å²) in [5, 5.41) is 0. The number of ketones is 2. The van der Waals surface area contributed by atoms with Crippen LogP contribution in [0.2, 0.25) is 0 Å². The Balaban J connectivity index is 2.40. The fraction of sp³-hybridized carbons (Fsp3) is 0.895. The fourth-order valence-corrected chi connectivity index (χ4v) is 5.00. The van der Waals surface area contributed by atoms with Crippen molar-refractivity contribution < 1.29 is 9.59 Å². The molecule has 0 spiro atoms. The molecule has 0 aliphatic heterocycles. The number of hydrogen-bond acceptors (Lipinski definition) is 2. The molecule has 2 fully saturated rings. The maximum Gasteiger partial charge on any atom is 0.149 e. The maximum absolute atomic E-state index is 13.3. The number of fused-ring (bicyclic) bond motifs is 1. The van der Waals surface area contributed by atoms with Gasteiger partial charge in [-0.25, -0.2) is 0 Å². The third kappa shape index (κ3) is 2.49. The monoisotopic (exact) mass is 292 g/mol. The average molecular weight is 292 g/mol. The molecule has 0 amide bonds. The van der Waals surface area contributed by atoms with Crippen molar-refractivity contribution in [1.82, 2.24) is 0 Å². The zero-order chi connectivity index (χ0) is 15.7. The molecule has 2 saturated carbocycles. The highest BCUT2D eigenvalue weighted by molar-refractivity contribution is 6.08. The lowest BCUT2D eigenvalue weighted by atomic mass is 9.58. The molecule has 0 aromatic heterocycles. The second-order valence-electron chi connectivity index (χ2n) is 7.37. The molecule has 0 bridgehead atoms. The van der Waals surface area contributed by atoms with Gasteiger partial charge in [0.25, 0.3) is 0 Å². The van der Waals surface area contributed by atoms with Crippen LogP contribution in [0.5, 0.6) is 0 Å². The van der Waals surface area contributed by atoms with E-state index in [-0.39, 0.29) is 16.7 Å². The van der Waals surface area contributed by atoms with Crippen molar-refractivity contribution in [3.05, 3.63) is 0 Å². The molecule has 2 unspecified atom stereocenters. The molecule has 0 aromatic rings. The minimum Gasteiger partial charge on any atom is -0.298 e. The Labute approximate surface area is 130 Å². The van der Waals surface area contributed by atoms with Crippen molar-refractivity contribution in [3.63, 3.8) is 0 Å². The second kappa shape index (κ2) is 6.22. The minimum absolute atomic E-state index is 0.214. The van der Waals surface area contributed by atoms with Crippen molar-refractivity contribution in [2.45, 2.75) is 85.5 Å². The third-order valence-electron chi connectivity index (χ3n) is 7.01. The van der Waals surface area contributed by atoms with Crippen molar-refractivity contribution >= 4 is 11.6 Å². The lowest BCUT2D eigenvalue weighted by Gasteiger charge is -2.43. The Bertz CT molecular complexity index is 402. The highest BCUT2D eigenvalue weighted by atomic mass is 16.2. The summed E-state index contributed by atoms with van der Waals surface area (Å²) in [5.74, 6) is 0.630. The maximum atomic E-state index is 13.3. The van der Waals surface area contributed by atoms with Crippen LogP contribution in [0.3, 0.4) is 0 Å². The Morgan fingerprint density at radius 2 is 1.29 bits per heavy atom. The van der Waals surface area contributed by atoms with Crippen LogP contribution in [-0.2, 0) is 9.59 Å². The van der Waals surface area contributed by atoms with Gasteiger partial charge in [-0.1, -0.05) is 34.1 Å². The quantitative estimate of drug-likeness (QED) is 0.687. The minimum atomic E-state index is -0.291. The van der Waals surface area contributed by atoms with Crippen molar-refractivity contribution in [3.8, 4) is 0 Å². The van der Waals surface area contributed by atoms with Crippen LogP contribution < -0.4 is 0 Å². The first-order chi connectivity index (χ1) is 10.00. The summed E-state index contributed by atoms with van der Waals surface area (Å²) in [5.41, 5.74) is -0.436. The van der Waals surface area contributed by atoms with Gasteiger partial charge < -0.3 is 0 Å². The average Bonchev–Trinajstić information content (AvgIpc) is 2.66. The van der Waals surface area contributed by atoms with E-state index < -0.39 is 0 Å². The first-order valence-corrected chi connectivity index (χ1v) is 9.09. The van der Waals surface area contributed by atoms with Crippen molar-refractivity contribution in [2.75, 3.05) is 0 Å². The number of rotatable bonds is 4. The lowest BCUT2D eigenvalue weighted by molar-refractivity contribution is -0.150. The standard InChI is InChI=1S/C19H32O2/c1-5-18(6-2)12-9-10-14-11-13-19(7-3,8-4)17(21)15(14)16(18)20/h14-15H,5-13H2,1-4H3. The van der Waals surface area contributed by atoms with Gasteiger partial charge in [0.15, 0.2) is 0 Å². The van der Waals surface area contributed by atoms with Gasteiger partial charge in [-0.15, -0.1) is 0 Å². The van der Waals surface area contributed by atoms with Crippen LogP contribution in [0.1, 0.15) is 85.5 Å². The van der Waals surface area contributed by atoms with E-state index in [0.29, 0.717) is 17.5 Å². The molecule has 2 atom stereocenters. The van der Waals surface area contributed by atoms with Gasteiger partial charge in [-0.3, -0.25) is 9.59 Å². The van der Waals surface area contributed by atoms with Crippen LogP contribution in [0.4, 0.5) is 0 Å². The molecule has 2 aliphatic carbocycles. The van der Waals surface area contributed by atoms with Gasteiger partial charge in [0.2, 0.25) is 0 Å². The predicted octanol–water partition coefficient (Wildman–Crippen LogP) is 4.95. The molecule has 0 saturated heterocycles. The van der Waals surface area contributed by atoms with Crippen LogP contribution in [0.25, 0.3) is 0 Å². The van der Waals surface area contributed by atoms with E-state index in [1.165, 1.54) is 0 Å². The van der Waals surface area contributed by atoms with Gasteiger partial charge in [0, 0.05) is 10.8 Å². The van der Waals surface area contributed by atoms with Gasteiger partial charge in [-0.2, -0.15) is 0 Å². The number of carbonyl (C=O) groups is 2. The van der Waals surface area contributed by atoms with Crippen LogP contribution in [-0.4, -0.2) is 11.6 Å². The molecule has 120 valence electrons. The highest BCUT2D eigenvalue weighted by Crippen LogP contribution is 2.51. The van der Waals surface area contributed by atoms with Gasteiger partial charge in [0.1, 0.15) is 11.6 Å².